The van der Waals surface area contributed by atoms with Gasteiger partial charge in [-0.3, -0.25) is 4.79 Å². The van der Waals surface area contributed by atoms with Crippen molar-refractivity contribution >= 4 is 21.6 Å². The predicted octanol–water partition coefficient (Wildman–Crippen LogP) is 1.30. The van der Waals surface area contributed by atoms with Crippen molar-refractivity contribution in [2.45, 2.75) is 19.3 Å². The summed E-state index contributed by atoms with van der Waals surface area (Å²) < 4.78 is 41.0. The summed E-state index contributed by atoms with van der Waals surface area (Å²) in [5.41, 5.74) is 0.568. The Morgan fingerprint density at radius 2 is 1.83 bits per heavy atom. The first-order valence-electron chi connectivity index (χ1n) is 9.52. The molecule has 1 aromatic rings. The molecule has 1 aromatic carbocycles. The fourth-order valence-electron chi connectivity index (χ4n) is 3.43. The number of rotatable bonds is 10. The lowest BCUT2D eigenvalue weighted by atomic mass is 9.98. The third-order valence-electron chi connectivity index (χ3n) is 4.84. The van der Waals surface area contributed by atoms with E-state index in [0.717, 1.165) is 25.9 Å². The SMILES string of the molecule is COc1cc(NC(=O)CCN2CCCC(CNS(C)(=O)=O)C2)cc(OC)c1OC. The van der Waals surface area contributed by atoms with Crippen molar-refractivity contribution in [1.82, 2.24) is 9.62 Å². The van der Waals surface area contributed by atoms with Crippen LogP contribution in [0.1, 0.15) is 19.3 Å². The average Bonchev–Trinajstić information content (AvgIpc) is 2.69. The van der Waals surface area contributed by atoms with Gasteiger partial charge in [-0.2, -0.15) is 0 Å². The summed E-state index contributed by atoms with van der Waals surface area (Å²) in [7, 11) is 1.39. The number of anilines is 1. The lowest BCUT2D eigenvalue weighted by molar-refractivity contribution is -0.116. The van der Waals surface area contributed by atoms with Crippen molar-refractivity contribution in [3.8, 4) is 17.2 Å². The number of ether oxygens (including phenoxy) is 3. The summed E-state index contributed by atoms with van der Waals surface area (Å²) in [6, 6.07) is 3.38. The number of nitrogens with one attached hydrogen (secondary N) is 2. The molecule has 0 aromatic heterocycles. The predicted molar refractivity (Wildman–Crippen MR) is 111 cm³/mol. The number of methoxy groups -OCH3 is 3. The minimum absolute atomic E-state index is 0.115. The van der Waals surface area contributed by atoms with E-state index in [-0.39, 0.29) is 11.8 Å². The van der Waals surface area contributed by atoms with Crippen molar-refractivity contribution in [3.63, 3.8) is 0 Å². The van der Waals surface area contributed by atoms with Gasteiger partial charge in [0.25, 0.3) is 0 Å². The van der Waals surface area contributed by atoms with Gasteiger partial charge in [0.1, 0.15) is 0 Å². The molecule has 29 heavy (non-hydrogen) atoms. The number of piperidine rings is 1. The van der Waals surface area contributed by atoms with Gasteiger partial charge in [0, 0.05) is 43.9 Å². The van der Waals surface area contributed by atoms with Crippen LogP contribution >= 0.6 is 0 Å². The topological polar surface area (TPSA) is 106 Å². The molecule has 1 aliphatic heterocycles. The molecular weight excluding hydrogens is 398 g/mol. The molecule has 0 spiro atoms. The monoisotopic (exact) mass is 429 g/mol. The van der Waals surface area contributed by atoms with Gasteiger partial charge in [-0.25, -0.2) is 13.1 Å². The second kappa shape index (κ2) is 10.7. The zero-order valence-electron chi connectivity index (χ0n) is 17.5. The van der Waals surface area contributed by atoms with E-state index in [0.29, 0.717) is 42.4 Å². The molecule has 0 aliphatic carbocycles. The molecule has 0 radical (unpaired) electrons. The van der Waals surface area contributed by atoms with E-state index >= 15 is 0 Å². The third-order valence-corrected chi connectivity index (χ3v) is 5.53. The van der Waals surface area contributed by atoms with Crippen LogP contribution in [0.25, 0.3) is 0 Å². The second-order valence-corrected chi connectivity index (χ2v) is 8.97. The first-order chi connectivity index (χ1) is 13.8. The number of sulfonamides is 1. The summed E-state index contributed by atoms with van der Waals surface area (Å²) in [5.74, 6) is 1.56. The van der Waals surface area contributed by atoms with Crippen LogP contribution in [0.2, 0.25) is 0 Å². The Labute approximate surface area is 172 Å². The molecule has 1 atom stereocenters. The van der Waals surface area contributed by atoms with Crippen molar-refractivity contribution in [3.05, 3.63) is 12.1 Å². The highest BCUT2D eigenvalue weighted by molar-refractivity contribution is 7.88. The van der Waals surface area contributed by atoms with E-state index in [1.807, 2.05) is 0 Å². The fourth-order valence-corrected chi connectivity index (χ4v) is 3.97. The van der Waals surface area contributed by atoms with Gasteiger partial charge < -0.3 is 24.4 Å². The number of hydrogen-bond donors (Lipinski definition) is 2. The molecule has 1 aliphatic rings. The van der Waals surface area contributed by atoms with Gasteiger partial charge >= 0.3 is 0 Å². The Bertz CT molecular complexity index is 774. The summed E-state index contributed by atoms with van der Waals surface area (Å²) in [4.78, 5) is 14.6. The summed E-state index contributed by atoms with van der Waals surface area (Å²) in [6.07, 6.45) is 3.48. The highest BCUT2D eigenvalue weighted by Gasteiger charge is 2.21. The molecule has 0 bridgehead atoms. The molecule has 2 rings (SSSR count). The first kappa shape index (κ1) is 23.2. The van der Waals surface area contributed by atoms with Crippen LogP contribution in [0, 0.1) is 5.92 Å². The maximum atomic E-state index is 12.4. The van der Waals surface area contributed by atoms with Crippen molar-refractivity contribution in [2.75, 3.05) is 59.1 Å². The van der Waals surface area contributed by atoms with Crippen LogP contribution in [0.5, 0.6) is 17.2 Å². The number of carbonyl (C=O) groups excluding carboxylic acids is 1. The molecule has 1 heterocycles. The quantitative estimate of drug-likeness (QED) is 0.577. The van der Waals surface area contributed by atoms with E-state index in [9.17, 15) is 13.2 Å². The Hall–Kier alpha value is -2.04. The molecule has 164 valence electrons. The summed E-state index contributed by atoms with van der Waals surface area (Å²) in [5, 5.41) is 2.87. The maximum absolute atomic E-state index is 12.4. The minimum atomic E-state index is -3.18. The largest absolute Gasteiger partial charge is 0.493 e. The Balaban J connectivity index is 1.88. The lowest BCUT2D eigenvalue weighted by Crippen LogP contribution is -2.41. The molecule has 1 saturated heterocycles. The smallest absolute Gasteiger partial charge is 0.225 e. The normalized spacial score (nSPS) is 17.6. The highest BCUT2D eigenvalue weighted by atomic mass is 32.2. The van der Waals surface area contributed by atoms with Crippen LogP contribution in [0.3, 0.4) is 0 Å². The van der Waals surface area contributed by atoms with Crippen LogP contribution in [-0.4, -0.2) is 73.0 Å². The average molecular weight is 430 g/mol. The first-order valence-corrected chi connectivity index (χ1v) is 11.4. The van der Waals surface area contributed by atoms with Gasteiger partial charge in [0.05, 0.1) is 27.6 Å². The van der Waals surface area contributed by atoms with Crippen molar-refractivity contribution in [1.29, 1.82) is 0 Å². The minimum Gasteiger partial charge on any atom is -0.493 e. The number of benzene rings is 1. The molecule has 10 heteroatoms. The number of nitrogens with zero attached hydrogens (tertiary/aromatic N) is 1. The zero-order chi connectivity index (χ0) is 21.4. The van der Waals surface area contributed by atoms with Crippen LogP contribution in [-0.2, 0) is 14.8 Å². The number of hydrogen-bond acceptors (Lipinski definition) is 7. The number of amides is 1. The van der Waals surface area contributed by atoms with E-state index in [4.69, 9.17) is 14.2 Å². The molecule has 2 N–H and O–H groups in total. The van der Waals surface area contributed by atoms with Crippen molar-refractivity contribution in [2.24, 2.45) is 5.92 Å². The number of carbonyl (C=O) groups is 1. The van der Waals surface area contributed by atoms with Crippen molar-refractivity contribution < 1.29 is 27.4 Å². The zero-order valence-corrected chi connectivity index (χ0v) is 18.3. The highest BCUT2D eigenvalue weighted by Crippen LogP contribution is 2.39. The van der Waals surface area contributed by atoms with E-state index in [2.05, 4.69) is 14.9 Å². The number of likely N-dealkylation sites (tertiary alicyclic amines) is 1. The van der Waals surface area contributed by atoms with Crippen LogP contribution in [0.15, 0.2) is 12.1 Å². The van der Waals surface area contributed by atoms with Crippen LogP contribution < -0.4 is 24.2 Å². The van der Waals surface area contributed by atoms with Crippen LogP contribution in [0.4, 0.5) is 5.69 Å². The van der Waals surface area contributed by atoms with Gasteiger partial charge in [-0.05, 0) is 25.3 Å². The summed E-state index contributed by atoms with van der Waals surface area (Å²) in [6.45, 7) is 2.74. The molecule has 1 amide bonds. The molecular formula is C19H31N3O6S. The molecule has 1 fully saturated rings. The van der Waals surface area contributed by atoms with E-state index < -0.39 is 10.0 Å². The third kappa shape index (κ3) is 7.37. The second-order valence-electron chi connectivity index (χ2n) is 7.14. The standard InChI is InChI=1S/C19H31N3O6S/c1-26-16-10-15(11-17(27-2)19(16)28-3)21-18(23)7-9-22-8-5-6-14(13-22)12-20-29(4,24)25/h10-11,14,20H,5-9,12-13H2,1-4H3,(H,21,23). The van der Waals surface area contributed by atoms with Gasteiger partial charge in [0.2, 0.25) is 21.7 Å². The Kier molecular flexibility index (Phi) is 8.54. The van der Waals surface area contributed by atoms with Gasteiger partial charge in [0.15, 0.2) is 11.5 Å². The molecule has 1 unspecified atom stereocenters. The Morgan fingerprint density at radius 1 is 1.17 bits per heavy atom. The Morgan fingerprint density at radius 3 is 2.38 bits per heavy atom. The molecule has 0 saturated carbocycles. The lowest BCUT2D eigenvalue weighted by Gasteiger charge is -2.32. The molecule has 9 nitrogen and oxygen atoms in total. The van der Waals surface area contributed by atoms with E-state index in [1.165, 1.54) is 27.6 Å². The summed E-state index contributed by atoms with van der Waals surface area (Å²) >= 11 is 0. The van der Waals surface area contributed by atoms with Gasteiger partial charge in [-0.1, -0.05) is 0 Å². The van der Waals surface area contributed by atoms with E-state index in [1.54, 1.807) is 12.1 Å². The van der Waals surface area contributed by atoms with Gasteiger partial charge in [-0.15, -0.1) is 0 Å². The maximum Gasteiger partial charge on any atom is 0.225 e. The fraction of sp³-hybridized carbons (Fsp3) is 0.632.